The smallest absolute Gasteiger partial charge is 0.337 e. The van der Waals surface area contributed by atoms with Crippen molar-refractivity contribution < 1.29 is 18.0 Å². The van der Waals surface area contributed by atoms with E-state index >= 15 is 0 Å². The van der Waals surface area contributed by atoms with Crippen LogP contribution in [-0.2, 0) is 4.79 Å². The average molecular weight is 233 g/mol. The SMILES string of the molecule is O=C1NC(C(F)(F)F)C=C1c1cccs1. The Labute approximate surface area is 87.4 Å². The number of amides is 1. The Morgan fingerprint density at radius 3 is 2.60 bits per heavy atom. The van der Waals surface area contributed by atoms with E-state index in [2.05, 4.69) is 0 Å². The number of hydrogen-bond donors (Lipinski definition) is 1. The van der Waals surface area contributed by atoms with Crippen LogP contribution < -0.4 is 5.32 Å². The van der Waals surface area contributed by atoms with E-state index in [4.69, 9.17) is 0 Å². The average Bonchev–Trinajstić information content (AvgIpc) is 2.69. The molecular formula is C9H6F3NOS. The number of alkyl halides is 3. The van der Waals surface area contributed by atoms with Crippen LogP contribution in [0.1, 0.15) is 4.88 Å². The summed E-state index contributed by atoms with van der Waals surface area (Å²) in [5, 5.41) is 3.59. The van der Waals surface area contributed by atoms with E-state index in [1.54, 1.807) is 17.5 Å². The molecule has 2 nitrogen and oxygen atoms in total. The second kappa shape index (κ2) is 3.37. The quantitative estimate of drug-likeness (QED) is 0.791. The summed E-state index contributed by atoms with van der Waals surface area (Å²) >= 11 is 1.24. The summed E-state index contributed by atoms with van der Waals surface area (Å²) in [6, 6.07) is 1.45. The summed E-state index contributed by atoms with van der Waals surface area (Å²) in [5.74, 6) is -0.667. The van der Waals surface area contributed by atoms with Crippen LogP contribution >= 0.6 is 11.3 Å². The normalized spacial score (nSPS) is 21.4. The first-order valence-corrected chi connectivity index (χ1v) is 5.00. The first-order valence-electron chi connectivity index (χ1n) is 4.12. The molecule has 0 spiro atoms. The molecule has 1 aliphatic heterocycles. The molecule has 1 unspecified atom stereocenters. The van der Waals surface area contributed by atoms with Crippen molar-refractivity contribution >= 4 is 22.8 Å². The van der Waals surface area contributed by atoms with Crippen LogP contribution in [0.2, 0.25) is 0 Å². The van der Waals surface area contributed by atoms with Crippen LogP contribution in [0.25, 0.3) is 5.57 Å². The van der Waals surface area contributed by atoms with Gasteiger partial charge in [-0.1, -0.05) is 6.07 Å². The maximum absolute atomic E-state index is 12.3. The Morgan fingerprint density at radius 2 is 2.13 bits per heavy atom. The highest BCUT2D eigenvalue weighted by Crippen LogP contribution is 2.30. The minimum Gasteiger partial charge on any atom is -0.337 e. The van der Waals surface area contributed by atoms with Gasteiger partial charge in [0, 0.05) is 4.88 Å². The summed E-state index contributed by atoms with van der Waals surface area (Å²) in [6.45, 7) is 0. The van der Waals surface area contributed by atoms with Gasteiger partial charge in [-0.2, -0.15) is 13.2 Å². The third-order valence-electron chi connectivity index (χ3n) is 2.00. The maximum atomic E-state index is 12.3. The molecule has 1 N–H and O–H groups in total. The Bertz CT molecular complexity index is 407. The van der Waals surface area contributed by atoms with Crippen molar-refractivity contribution in [3.8, 4) is 0 Å². The van der Waals surface area contributed by atoms with Crippen molar-refractivity contribution in [3.63, 3.8) is 0 Å². The monoisotopic (exact) mass is 233 g/mol. The van der Waals surface area contributed by atoms with E-state index in [0.29, 0.717) is 4.88 Å². The molecule has 1 aliphatic rings. The van der Waals surface area contributed by atoms with E-state index in [9.17, 15) is 18.0 Å². The van der Waals surface area contributed by atoms with E-state index in [0.717, 1.165) is 6.08 Å². The molecule has 0 saturated carbocycles. The Hall–Kier alpha value is -1.30. The zero-order chi connectivity index (χ0) is 11.1. The fourth-order valence-corrected chi connectivity index (χ4v) is 2.05. The maximum Gasteiger partial charge on any atom is 0.412 e. The molecule has 0 radical (unpaired) electrons. The Morgan fingerprint density at radius 1 is 1.40 bits per heavy atom. The van der Waals surface area contributed by atoms with Crippen molar-refractivity contribution in [2.75, 3.05) is 0 Å². The number of carbonyl (C=O) groups excluding carboxylic acids is 1. The topological polar surface area (TPSA) is 29.1 Å². The van der Waals surface area contributed by atoms with Gasteiger partial charge in [-0.15, -0.1) is 11.3 Å². The van der Waals surface area contributed by atoms with Crippen LogP contribution in [-0.4, -0.2) is 18.1 Å². The van der Waals surface area contributed by atoms with Crippen molar-refractivity contribution in [1.82, 2.24) is 5.32 Å². The highest BCUT2D eigenvalue weighted by molar-refractivity contribution is 7.11. The van der Waals surface area contributed by atoms with Gasteiger partial charge in [0.15, 0.2) is 0 Å². The lowest BCUT2D eigenvalue weighted by molar-refractivity contribution is -0.148. The highest BCUT2D eigenvalue weighted by Gasteiger charge is 2.43. The Kier molecular flexibility index (Phi) is 2.30. The largest absolute Gasteiger partial charge is 0.412 e. The standard InChI is InChI=1S/C9H6F3NOS/c10-9(11,12)7-4-5(8(14)13-7)6-2-1-3-15-6/h1-4,7H,(H,13,14). The number of nitrogens with one attached hydrogen (secondary N) is 1. The highest BCUT2D eigenvalue weighted by atomic mass is 32.1. The van der Waals surface area contributed by atoms with Crippen LogP contribution in [0.15, 0.2) is 23.6 Å². The molecule has 1 aromatic heterocycles. The second-order valence-electron chi connectivity index (χ2n) is 3.05. The minimum absolute atomic E-state index is 0.104. The molecule has 0 saturated heterocycles. The van der Waals surface area contributed by atoms with E-state index in [-0.39, 0.29) is 5.57 Å². The predicted molar refractivity (Wildman–Crippen MR) is 50.3 cm³/mol. The minimum atomic E-state index is -4.42. The molecule has 1 amide bonds. The molecule has 6 heteroatoms. The molecule has 0 aliphatic carbocycles. The molecular weight excluding hydrogens is 227 g/mol. The lowest BCUT2D eigenvalue weighted by Crippen LogP contribution is -2.39. The fourth-order valence-electron chi connectivity index (χ4n) is 1.31. The van der Waals surface area contributed by atoms with Crippen LogP contribution in [0.4, 0.5) is 13.2 Å². The summed E-state index contributed by atoms with van der Waals surface area (Å²) in [4.78, 5) is 11.8. The number of rotatable bonds is 1. The first kappa shape index (κ1) is 10.2. The molecule has 80 valence electrons. The number of hydrogen-bond acceptors (Lipinski definition) is 2. The van der Waals surface area contributed by atoms with E-state index in [1.807, 2.05) is 5.32 Å². The van der Waals surface area contributed by atoms with Gasteiger partial charge in [-0.3, -0.25) is 4.79 Å². The summed E-state index contributed by atoms with van der Waals surface area (Å²) in [5.41, 5.74) is 0.104. The van der Waals surface area contributed by atoms with Crippen molar-refractivity contribution in [1.29, 1.82) is 0 Å². The molecule has 0 aromatic carbocycles. The lowest BCUT2D eigenvalue weighted by atomic mass is 10.2. The van der Waals surface area contributed by atoms with E-state index < -0.39 is 18.1 Å². The van der Waals surface area contributed by atoms with Crippen molar-refractivity contribution in [3.05, 3.63) is 28.5 Å². The van der Waals surface area contributed by atoms with Crippen molar-refractivity contribution in [2.45, 2.75) is 12.2 Å². The van der Waals surface area contributed by atoms with Crippen molar-refractivity contribution in [2.24, 2.45) is 0 Å². The van der Waals surface area contributed by atoms with Gasteiger partial charge in [-0.05, 0) is 17.5 Å². The summed E-state index contributed by atoms with van der Waals surface area (Å²) in [6.07, 6.45) is -3.50. The van der Waals surface area contributed by atoms with Crippen LogP contribution in [0.5, 0.6) is 0 Å². The molecule has 1 atom stereocenters. The number of carbonyl (C=O) groups is 1. The van der Waals surface area contributed by atoms with Gasteiger partial charge in [0.05, 0.1) is 5.57 Å². The van der Waals surface area contributed by atoms with Gasteiger partial charge in [0.2, 0.25) is 0 Å². The molecule has 0 bridgehead atoms. The van der Waals surface area contributed by atoms with Gasteiger partial charge in [0.1, 0.15) is 6.04 Å². The van der Waals surface area contributed by atoms with Gasteiger partial charge in [0.25, 0.3) is 5.91 Å². The van der Waals surface area contributed by atoms with Crippen LogP contribution in [0, 0.1) is 0 Å². The zero-order valence-electron chi connectivity index (χ0n) is 7.34. The third kappa shape index (κ3) is 1.90. The van der Waals surface area contributed by atoms with E-state index in [1.165, 1.54) is 11.3 Å². The Balaban J connectivity index is 2.31. The summed E-state index contributed by atoms with van der Waals surface area (Å²) in [7, 11) is 0. The van der Waals surface area contributed by atoms with Gasteiger partial charge in [-0.25, -0.2) is 0 Å². The molecule has 2 rings (SSSR count). The predicted octanol–water partition coefficient (Wildman–Crippen LogP) is 2.19. The van der Waals surface area contributed by atoms with Crippen LogP contribution in [0.3, 0.4) is 0 Å². The molecule has 1 aromatic rings. The third-order valence-corrected chi connectivity index (χ3v) is 2.91. The molecule has 15 heavy (non-hydrogen) atoms. The molecule has 0 fully saturated rings. The van der Waals surface area contributed by atoms with Gasteiger partial charge < -0.3 is 5.32 Å². The lowest BCUT2D eigenvalue weighted by Gasteiger charge is -2.12. The fraction of sp³-hybridized carbons (Fsp3) is 0.222. The zero-order valence-corrected chi connectivity index (χ0v) is 8.15. The second-order valence-corrected chi connectivity index (χ2v) is 4.00. The first-order chi connectivity index (χ1) is 6.98. The summed E-state index contributed by atoms with van der Waals surface area (Å²) < 4.78 is 36.9. The number of thiophene rings is 1. The number of halogens is 3. The molecule has 2 heterocycles. The van der Waals surface area contributed by atoms with Gasteiger partial charge >= 0.3 is 6.18 Å².